The number of nitrogens with one attached hydrogen (secondary N) is 2. The third-order valence-electron chi connectivity index (χ3n) is 4.01. The second-order valence-corrected chi connectivity index (χ2v) is 6.20. The maximum Gasteiger partial charge on any atom is 0.293 e. The number of hydrogen-bond donors (Lipinski definition) is 2. The molecule has 1 amide bonds. The summed E-state index contributed by atoms with van der Waals surface area (Å²) in [5, 5.41) is 20.3. The van der Waals surface area contributed by atoms with E-state index >= 15 is 0 Å². The first kappa shape index (κ1) is 18.8. The fraction of sp³-hybridized carbons (Fsp3) is 0.105. The van der Waals surface area contributed by atoms with Gasteiger partial charge in [-0.25, -0.2) is 5.10 Å². The van der Waals surface area contributed by atoms with Crippen LogP contribution in [0.1, 0.15) is 10.4 Å². The molecule has 9 heteroatoms. The molecular formula is C19H17N5O4. The van der Waals surface area contributed by atoms with E-state index in [2.05, 4.69) is 15.5 Å². The second-order valence-electron chi connectivity index (χ2n) is 6.20. The number of aromatic amines is 1. The quantitative estimate of drug-likeness (QED) is 0.519. The molecule has 0 bridgehead atoms. The highest BCUT2D eigenvalue weighted by molar-refractivity contribution is 6.05. The number of hydrogen-bond acceptors (Lipinski definition) is 6. The van der Waals surface area contributed by atoms with Crippen LogP contribution in [0.25, 0.3) is 11.3 Å². The molecule has 28 heavy (non-hydrogen) atoms. The van der Waals surface area contributed by atoms with E-state index in [1.54, 1.807) is 49.3 Å². The lowest BCUT2D eigenvalue weighted by atomic mass is 10.1. The lowest BCUT2D eigenvalue weighted by molar-refractivity contribution is -0.384. The Morgan fingerprint density at radius 2 is 1.93 bits per heavy atom. The number of amides is 1. The van der Waals surface area contributed by atoms with Gasteiger partial charge in [0.25, 0.3) is 17.2 Å². The minimum atomic E-state index is -0.519. The lowest BCUT2D eigenvalue weighted by Crippen LogP contribution is -2.15. The number of carbonyl (C=O) groups is 1. The highest BCUT2D eigenvalue weighted by Crippen LogP contribution is 2.28. The van der Waals surface area contributed by atoms with Crippen molar-refractivity contribution in [1.82, 2.24) is 10.2 Å². The van der Waals surface area contributed by atoms with Crippen molar-refractivity contribution in [3.8, 4) is 11.3 Å². The molecule has 0 unspecified atom stereocenters. The van der Waals surface area contributed by atoms with E-state index in [9.17, 15) is 19.7 Å². The number of nitro benzene ring substituents is 1. The Labute approximate surface area is 159 Å². The van der Waals surface area contributed by atoms with Crippen LogP contribution in [0.2, 0.25) is 0 Å². The van der Waals surface area contributed by atoms with E-state index in [4.69, 9.17) is 0 Å². The fourth-order valence-electron chi connectivity index (χ4n) is 2.65. The summed E-state index contributed by atoms with van der Waals surface area (Å²) in [7, 11) is 3.39. The van der Waals surface area contributed by atoms with Crippen LogP contribution in [0.4, 0.5) is 17.1 Å². The van der Waals surface area contributed by atoms with Gasteiger partial charge in [-0.05, 0) is 30.3 Å². The largest absolute Gasteiger partial charge is 0.372 e. The first-order valence-electron chi connectivity index (χ1n) is 8.28. The Kier molecular flexibility index (Phi) is 5.16. The van der Waals surface area contributed by atoms with Crippen LogP contribution in [-0.2, 0) is 0 Å². The minimum absolute atomic E-state index is 0.149. The number of nitro groups is 1. The zero-order chi connectivity index (χ0) is 20.3. The summed E-state index contributed by atoms with van der Waals surface area (Å²) in [6.45, 7) is 0. The molecule has 1 heterocycles. The number of aromatic nitrogens is 2. The highest BCUT2D eigenvalue weighted by atomic mass is 16.6. The van der Waals surface area contributed by atoms with Crippen LogP contribution < -0.4 is 15.8 Å². The van der Waals surface area contributed by atoms with E-state index in [1.165, 1.54) is 24.3 Å². The Bertz CT molecular complexity index is 1090. The zero-order valence-electron chi connectivity index (χ0n) is 15.2. The van der Waals surface area contributed by atoms with Crippen molar-refractivity contribution in [2.75, 3.05) is 24.3 Å². The van der Waals surface area contributed by atoms with Gasteiger partial charge < -0.3 is 10.2 Å². The van der Waals surface area contributed by atoms with Crippen molar-refractivity contribution < 1.29 is 9.72 Å². The standard InChI is InChI=1S/C19H17N5O4/c1-23(2)16-8-6-13(11-17(16)24(27)28)19(26)20-14-5-3-4-12(10-14)15-7-9-18(25)22-21-15/h3-11H,1-2H3,(H,20,26)(H,22,25). The van der Waals surface area contributed by atoms with Gasteiger partial charge in [-0.2, -0.15) is 5.10 Å². The second kappa shape index (κ2) is 7.70. The maximum atomic E-state index is 12.6. The Hall–Kier alpha value is -4.01. The average molecular weight is 379 g/mol. The summed E-state index contributed by atoms with van der Waals surface area (Å²) in [5.41, 5.74) is 1.86. The summed E-state index contributed by atoms with van der Waals surface area (Å²) < 4.78 is 0. The van der Waals surface area contributed by atoms with Gasteiger partial charge in [-0.15, -0.1) is 0 Å². The lowest BCUT2D eigenvalue weighted by Gasteiger charge is -2.13. The van der Waals surface area contributed by atoms with Gasteiger partial charge in [0.1, 0.15) is 5.69 Å². The molecule has 2 N–H and O–H groups in total. The molecular weight excluding hydrogens is 362 g/mol. The summed E-state index contributed by atoms with van der Waals surface area (Å²) in [4.78, 5) is 36.1. The maximum absolute atomic E-state index is 12.6. The third-order valence-corrected chi connectivity index (χ3v) is 4.01. The number of nitrogens with zero attached hydrogens (tertiary/aromatic N) is 3. The van der Waals surface area contributed by atoms with Gasteiger partial charge in [-0.1, -0.05) is 12.1 Å². The fourth-order valence-corrected chi connectivity index (χ4v) is 2.65. The van der Waals surface area contributed by atoms with E-state index in [0.29, 0.717) is 22.6 Å². The van der Waals surface area contributed by atoms with Crippen molar-refractivity contribution in [2.45, 2.75) is 0 Å². The van der Waals surface area contributed by atoms with Gasteiger partial charge in [0.2, 0.25) is 0 Å². The normalized spacial score (nSPS) is 10.4. The SMILES string of the molecule is CN(C)c1ccc(C(=O)Nc2cccc(-c3ccc(=O)[nH]n3)c2)cc1[N+](=O)[O-]. The molecule has 3 aromatic rings. The molecule has 0 radical (unpaired) electrons. The van der Waals surface area contributed by atoms with Gasteiger partial charge in [-0.3, -0.25) is 19.7 Å². The molecule has 0 aliphatic rings. The van der Waals surface area contributed by atoms with Crippen LogP contribution in [-0.4, -0.2) is 35.1 Å². The molecule has 2 aromatic carbocycles. The summed E-state index contributed by atoms with van der Waals surface area (Å²) in [6, 6.07) is 14.2. The molecule has 0 saturated heterocycles. The van der Waals surface area contributed by atoms with Crippen molar-refractivity contribution in [3.63, 3.8) is 0 Å². The molecule has 0 aliphatic heterocycles. The molecule has 9 nitrogen and oxygen atoms in total. The van der Waals surface area contributed by atoms with E-state index in [0.717, 1.165) is 0 Å². The summed E-state index contributed by atoms with van der Waals surface area (Å²) in [6.07, 6.45) is 0. The zero-order valence-corrected chi connectivity index (χ0v) is 15.2. The Morgan fingerprint density at radius 3 is 2.57 bits per heavy atom. The molecule has 3 rings (SSSR count). The minimum Gasteiger partial charge on any atom is -0.372 e. The molecule has 0 saturated carbocycles. The molecule has 1 aromatic heterocycles. The number of carbonyl (C=O) groups excluding carboxylic acids is 1. The number of benzene rings is 2. The van der Waals surface area contributed by atoms with Gasteiger partial charge >= 0.3 is 0 Å². The van der Waals surface area contributed by atoms with Crippen molar-refractivity contribution in [3.05, 3.63) is 80.6 Å². The van der Waals surface area contributed by atoms with Gasteiger partial charge in [0, 0.05) is 43.0 Å². The van der Waals surface area contributed by atoms with Crippen LogP contribution in [0.5, 0.6) is 0 Å². The number of H-pyrrole nitrogens is 1. The van der Waals surface area contributed by atoms with E-state index < -0.39 is 10.8 Å². The third kappa shape index (κ3) is 4.04. The van der Waals surface area contributed by atoms with Crippen LogP contribution in [0.15, 0.2) is 59.4 Å². The molecule has 0 atom stereocenters. The van der Waals surface area contributed by atoms with Crippen molar-refractivity contribution in [2.24, 2.45) is 0 Å². The van der Waals surface area contributed by atoms with Crippen LogP contribution in [0.3, 0.4) is 0 Å². The monoisotopic (exact) mass is 379 g/mol. The van der Waals surface area contributed by atoms with Crippen molar-refractivity contribution >= 4 is 23.0 Å². The van der Waals surface area contributed by atoms with Gasteiger partial charge in [0.05, 0.1) is 10.6 Å². The van der Waals surface area contributed by atoms with Crippen LogP contribution in [0, 0.1) is 10.1 Å². The molecule has 0 fully saturated rings. The molecule has 142 valence electrons. The number of anilines is 2. The van der Waals surface area contributed by atoms with E-state index in [1.807, 2.05) is 0 Å². The first-order chi connectivity index (χ1) is 13.3. The summed E-state index contributed by atoms with van der Waals surface area (Å²) in [5.74, 6) is -0.472. The highest BCUT2D eigenvalue weighted by Gasteiger charge is 2.19. The van der Waals surface area contributed by atoms with Gasteiger partial charge in [0.15, 0.2) is 0 Å². The molecule has 0 spiro atoms. The van der Waals surface area contributed by atoms with Crippen molar-refractivity contribution in [1.29, 1.82) is 0 Å². The average Bonchev–Trinajstić information content (AvgIpc) is 2.68. The van der Waals surface area contributed by atoms with Crippen LogP contribution >= 0.6 is 0 Å². The molecule has 0 aliphatic carbocycles. The topological polar surface area (TPSA) is 121 Å². The Morgan fingerprint density at radius 1 is 1.14 bits per heavy atom. The predicted molar refractivity (Wildman–Crippen MR) is 106 cm³/mol. The summed E-state index contributed by atoms with van der Waals surface area (Å²) >= 11 is 0. The predicted octanol–water partition coefficient (Wildman–Crippen LogP) is 2.66. The van der Waals surface area contributed by atoms with E-state index in [-0.39, 0.29) is 16.8 Å². The first-order valence-corrected chi connectivity index (χ1v) is 8.28. The number of rotatable bonds is 5. The smallest absolute Gasteiger partial charge is 0.293 e. The Balaban J connectivity index is 1.86.